The number of carbonyl (C=O) groups excluding carboxylic acids is 1. The van der Waals surface area contributed by atoms with E-state index in [2.05, 4.69) is 59.1 Å². The van der Waals surface area contributed by atoms with Gasteiger partial charge >= 0.3 is 5.97 Å². The van der Waals surface area contributed by atoms with Crippen molar-refractivity contribution in [1.29, 1.82) is 0 Å². The first-order chi connectivity index (χ1) is 17.0. The highest BCUT2D eigenvalue weighted by molar-refractivity contribution is 5.83. The van der Waals surface area contributed by atoms with Gasteiger partial charge in [-0.25, -0.2) is 0 Å². The van der Waals surface area contributed by atoms with Gasteiger partial charge in [0.15, 0.2) is 0 Å². The largest absolute Gasteiger partial charge is 0.481 e. The summed E-state index contributed by atoms with van der Waals surface area (Å²) >= 11 is 0. The van der Waals surface area contributed by atoms with Crippen LogP contribution in [-0.4, -0.2) is 52.6 Å². The summed E-state index contributed by atoms with van der Waals surface area (Å²) in [4.78, 5) is 20.9. The number of carbonyl (C=O) groups is 2. The van der Waals surface area contributed by atoms with Gasteiger partial charge in [-0.05, 0) is 117 Å². The van der Waals surface area contributed by atoms with Gasteiger partial charge in [-0.15, -0.1) is 0 Å². The second kappa shape index (κ2) is 25.7. The molecule has 0 spiro atoms. The number of carboxylic acid groups (broad SMARTS) is 1. The van der Waals surface area contributed by atoms with E-state index in [0.717, 1.165) is 6.54 Å². The van der Waals surface area contributed by atoms with Crippen LogP contribution in [0.2, 0.25) is 0 Å². The maximum absolute atomic E-state index is 10.8. The molecule has 0 fully saturated rings. The zero-order valence-corrected chi connectivity index (χ0v) is 31.8. The van der Waals surface area contributed by atoms with Gasteiger partial charge in [-0.2, -0.15) is 0 Å². The second-order valence-electron chi connectivity index (χ2n) is 15.6. The molecular weight excluding hydrogens is 500 g/mol. The minimum atomic E-state index is -0.757. The van der Waals surface area contributed by atoms with E-state index in [1.54, 1.807) is 20.8 Å². The Morgan fingerprint density at radius 1 is 0.600 bits per heavy atom. The van der Waals surface area contributed by atoms with Gasteiger partial charge in [0.05, 0.1) is 5.41 Å². The van der Waals surface area contributed by atoms with E-state index in [-0.39, 0.29) is 16.5 Å². The summed E-state index contributed by atoms with van der Waals surface area (Å²) < 4.78 is 0. The SMILES string of the molecule is CC.CC(C)(C)C(=O)O.CC(C)(C)N.CC(C)(C)N.CCC(=O)C(C)(C)C.CCNC(C)(C)C.CNC(C)(C)C. The van der Waals surface area contributed by atoms with Gasteiger partial charge in [0.25, 0.3) is 0 Å². The van der Waals surface area contributed by atoms with Crippen molar-refractivity contribution in [2.24, 2.45) is 22.3 Å². The fourth-order valence-electron chi connectivity index (χ4n) is 1.06. The number of ketones is 1. The van der Waals surface area contributed by atoms with Crippen LogP contribution in [0.4, 0.5) is 0 Å². The summed E-state index contributed by atoms with van der Waals surface area (Å²) in [5.41, 5.74) is 10.6. The van der Waals surface area contributed by atoms with Crippen LogP contribution in [0.3, 0.4) is 0 Å². The Kier molecular flexibility index (Phi) is 35.3. The molecule has 250 valence electrons. The van der Waals surface area contributed by atoms with Gasteiger partial charge in [-0.3, -0.25) is 9.59 Å². The molecule has 7 heteroatoms. The zero-order valence-electron chi connectivity index (χ0n) is 31.8. The molecule has 0 amide bonds. The van der Waals surface area contributed by atoms with Crippen molar-refractivity contribution >= 4 is 11.8 Å². The molecule has 0 saturated heterocycles. The zero-order chi connectivity index (χ0) is 35.0. The molecular formula is C33H80N4O3. The van der Waals surface area contributed by atoms with Crippen molar-refractivity contribution in [3.63, 3.8) is 0 Å². The van der Waals surface area contributed by atoms with Crippen molar-refractivity contribution in [1.82, 2.24) is 10.6 Å². The summed E-state index contributed by atoms with van der Waals surface area (Å²) in [7, 11) is 1.96. The fourth-order valence-corrected chi connectivity index (χ4v) is 1.06. The molecule has 0 aromatic heterocycles. The van der Waals surface area contributed by atoms with Crippen molar-refractivity contribution in [2.45, 2.75) is 181 Å². The Bertz CT molecular complexity index is 537. The van der Waals surface area contributed by atoms with Crippen LogP contribution in [0, 0.1) is 10.8 Å². The Balaban J connectivity index is -0.0000000650. The predicted octanol–water partition coefficient (Wildman–Crippen LogP) is 8.04. The molecule has 0 aromatic rings. The minimum Gasteiger partial charge on any atom is -0.481 e. The first-order valence-corrected chi connectivity index (χ1v) is 14.8. The standard InChI is InChI=1S/C7H14O.C6H15N.C5H13N.C5H10O2.2C4H11N.C2H6/c1-5-6(8)7(2,3)4;1-5-7-6(2,3)4;1-5(2,3)6-4;1-5(2,3)4(6)7;2*1-4(2,3)5;1-2/h5H2,1-4H3;7H,5H2,1-4H3;6H,1-4H3;1-3H3,(H,6,7);2*5H2,1-3H3;1-2H3. The highest BCUT2D eigenvalue weighted by Crippen LogP contribution is 2.15. The normalized spacial score (nSPS) is 11.3. The quantitative estimate of drug-likeness (QED) is 0.223. The van der Waals surface area contributed by atoms with Gasteiger partial charge in [-0.1, -0.05) is 48.5 Å². The Morgan fingerprint density at radius 2 is 0.800 bits per heavy atom. The molecule has 0 unspecified atom stereocenters. The number of hydrogen-bond donors (Lipinski definition) is 5. The number of carboxylic acids is 1. The number of Topliss-reactive ketones (excluding diaryl/α,β-unsaturated/α-hetero) is 1. The van der Waals surface area contributed by atoms with Crippen molar-refractivity contribution < 1.29 is 14.7 Å². The summed E-state index contributed by atoms with van der Waals surface area (Å²) in [5, 5.41) is 14.6. The van der Waals surface area contributed by atoms with E-state index in [1.807, 2.05) is 90.1 Å². The third-order valence-electron chi connectivity index (χ3n) is 3.26. The molecule has 7 N–H and O–H groups in total. The summed E-state index contributed by atoms with van der Waals surface area (Å²) in [5.74, 6) is -0.426. The molecule has 0 aliphatic rings. The first kappa shape index (κ1) is 55.0. The molecule has 0 saturated carbocycles. The highest BCUT2D eigenvalue weighted by atomic mass is 16.4. The Labute approximate surface area is 253 Å². The molecule has 0 rings (SSSR count). The van der Waals surface area contributed by atoms with E-state index in [9.17, 15) is 9.59 Å². The maximum atomic E-state index is 10.8. The molecule has 7 nitrogen and oxygen atoms in total. The predicted molar refractivity (Wildman–Crippen MR) is 183 cm³/mol. The van der Waals surface area contributed by atoms with Crippen molar-refractivity contribution in [3.05, 3.63) is 0 Å². The van der Waals surface area contributed by atoms with E-state index >= 15 is 0 Å². The Morgan fingerprint density at radius 3 is 0.800 bits per heavy atom. The topological polar surface area (TPSA) is 130 Å². The molecule has 40 heavy (non-hydrogen) atoms. The van der Waals surface area contributed by atoms with Gasteiger partial charge in [0.1, 0.15) is 5.78 Å². The van der Waals surface area contributed by atoms with Crippen LogP contribution in [0.15, 0.2) is 0 Å². The lowest BCUT2D eigenvalue weighted by atomic mass is 9.90. The molecule has 0 aromatic carbocycles. The average molecular weight is 581 g/mol. The first-order valence-electron chi connectivity index (χ1n) is 14.8. The number of aliphatic carboxylic acids is 1. The summed E-state index contributed by atoms with van der Waals surface area (Å²) in [6, 6.07) is 0. The van der Waals surface area contributed by atoms with Gasteiger partial charge in [0.2, 0.25) is 0 Å². The van der Waals surface area contributed by atoms with E-state index in [1.165, 1.54) is 0 Å². The van der Waals surface area contributed by atoms with E-state index in [4.69, 9.17) is 16.6 Å². The fraction of sp³-hybridized carbons (Fsp3) is 0.939. The monoisotopic (exact) mass is 581 g/mol. The second-order valence-corrected chi connectivity index (χ2v) is 15.6. The third-order valence-corrected chi connectivity index (χ3v) is 3.26. The summed E-state index contributed by atoms with van der Waals surface area (Å²) in [6.07, 6.45) is 0.656. The number of nitrogens with two attached hydrogens (primary N) is 2. The molecule has 0 bridgehead atoms. The van der Waals surface area contributed by atoms with Crippen LogP contribution in [0.5, 0.6) is 0 Å². The third kappa shape index (κ3) is 120. The van der Waals surface area contributed by atoms with Gasteiger partial charge in [0, 0.05) is 34.0 Å². The number of rotatable bonds is 2. The van der Waals surface area contributed by atoms with Crippen LogP contribution >= 0.6 is 0 Å². The highest BCUT2D eigenvalue weighted by Gasteiger charge is 2.19. The average Bonchev–Trinajstić information content (AvgIpc) is 2.65. The molecule has 0 atom stereocenters. The smallest absolute Gasteiger partial charge is 0.308 e. The minimum absolute atomic E-state index is 0. The molecule has 0 aliphatic heterocycles. The van der Waals surface area contributed by atoms with E-state index in [0.29, 0.717) is 23.3 Å². The molecule has 0 heterocycles. The Hall–Kier alpha value is -1.02. The summed E-state index contributed by atoms with van der Waals surface area (Å²) in [6.45, 7) is 44.6. The van der Waals surface area contributed by atoms with Crippen LogP contribution in [-0.2, 0) is 9.59 Å². The lowest BCUT2D eigenvalue weighted by molar-refractivity contribution is -0.145. The molecule has 0 aliphatic carbocycles. The van der Waals surface area contributed by atoms with E-state index < -0.39 is 11.4 Å². The number of nitrogens with one attached hydrogen (secondary N) is 2. The lowest BCUT2D eigenvalue weighted by Crippen LogP contribution is -2.35. The van der Waals surface area contributed by atoms with Crippen molar-refractivity contribution in [3.8, 4) is 0 Å². The van der Waals surface area contributed by atoms with Crippen LogP contribution < -0.4 is 22.1 Å². The van der Waals surface area contributed by atoms with Gasteiger partial charge < -0.3 is 27.2 Å². The van der Waals surface area contributed by atoms with Crippen LogP contribution in [0.25, 0.3) is 0 Å². The van der Waals surface area contributed by atoms with Crippen LogP contribution in [0.1, 0.15) is 159 Å². The van der Waals surface area contributed by atoms with Crippen molar-refractivity contribution in [2.75, 3.05) is 13.6 Å². The molecule has 0 radical (unpaired) electrons. The number of hydrogen-bond acceptors (Lipinski definition) is 6. The maximum Gasteiger partial charge on any atom is 0.308 e. The lowest BCUT2D eigenvalue weighted by Gasteiger charge is -2.18.